The van der Waals surface area contributed by atoms with Gasteiger partial charge in [0.1, 0.15) is 6.04 Å². The summed E-state index contributed by atoms with van der Waals surface area (Å²) in [5, 5.41) is 9.09. The number of aliphatic carboxylic acids is 1. The molecule has 0 saturated carbocycles. The first kappa shape index (κ1) is 13.8. The van der Waals surface area contributed by atoms with Crippen LogP contribution in [0.15, 0.2) is 0 Å². The maximum atomic E-state index is 11.9. The van der Waals surface area contributed by atoms with Gasteiger partial charge in [0.15, 0.2) is 0 Å². The summed E-state index contributed by atoms with van der Waals surface area (Å²) in [6.45, 7) is 6.11. The van der Waals surface area contributed by atoms with Crippen LogP contribution in [-0.2, 0) is 9.53 Å². The number of unbranched alkanes of at least 4 members (excludes halogenated alkanes) is 1. The van der Waals surface area contributed by atoms with Crippen molar-refractivity contribution in [2.75, 3.05) is 6.61 Å². The third-order valence-electron chi connectivity index (χ3n) is 3.20. The van der Waals surface area contributed by atoms with Crippen LogP contribution in [-0.4, -0.2) is 40.3 Å². The van der Waals surface area contributed by atoms with Crippen LogP contribution in [0.2, 0.25) is 0 Å². The van der Waals surface area contributed by atoms with Crippen molar-refractivity contribution in [2.45, 2.75) is 58.0 Å². The zero-order valence-corrected chi connectivity index (χ0v) is 10.7. The maximum absolute atomic E-state index is 11.9. The van der Waals surface area contributed by atoms with E-state index in [0.29, 0.717) is 19.4 Å². The smallest absolute Gasteiger partial charge is 0.410 e. The molecule has 1 aliphatic rings. The molecular weight excluding hydrogens is 222 g/mol. The molecule has 5 heteroatoms. The molecule has 0 radical (unpaired) electrons. The van der Waals surface area contributed by atoms with Gasteiger partial charge in [-0.1, -0.05) is 13.3 Å². The van der Waals surface area contributed by atoms with Gasteiger partial charge in [0.2, 0.25) is 0 Å². The molecule has 0 spiro atoms. The molecule has 1 amide bonds. The second kappa shape index (κ2) is 5.38. The predicted molar refractivity (Wildman–Crippen MR) is 62.8 cm³/mol. The molecule has 1 fully saturated rings. The first-order chi connectivity index (χ1) is 7.90. The molecule has 0 bridgehead atoms. The van der Waals surface area contributed by atoms with Crippen LogP contribution >= 0.6 is 0 Å². The molecule has 0 aromatic rings. The lowest BCUT2D eigenvalue weighted by atomic mass is 10.0. The number of carbonyl (C=O) groups is 2. The van der Waals surface area contributed by atoms with Gasteiger partial charge in [-0.3, -0.25) is 4.90 Å². The Bertz CT molecular complexity index is 301. The highest BCUT2D eigenvalue weighted by Crippen LogP contribution is 2.34. The largest absolute Gasteiger partial charge is 0.480 e. The number of amides is 1. The standard InChI is InChI=1S/C12H21NO4/c1-4-5-8-17-11(16)13-9(10(14)15)6-7-12(13,2)3/h9H,4-8H2,1-3H3,(H,14,15). The highest BCUT2D eigenvalue weighted by Gasteiger charge is 2.46. The highest BCUT2D eigenvalue weighted by molar-refractivity contribution is 5.81. The van der Waals surface area contributed by atoms with Crippen molar-refractivity contribution in [3.05, 3.63) is 0 Å². The Morgan fingerprint density at radius 1 is 1.47 bits per heavy atom. The average molecular weight is 243 g/mol. The van der Waals surface area contributed by atoms with Crippen LogP contribution in [0.3, 0.4) is 0 Å². The minimum absolute atomic E-state index is 0.355. The van der Waals surface area contributed by atoms with Crippen LogP contribution < -0.4 is 0 Å². The van der Waals surface area contributed by atoms with Gasteiger partial charge >= 0.3 is 12.1 Å². The fourth-order valence-electron chi connectivity index (χ4n) is 2.14. The molecule has 17 heavy (non-hydrogen) atoms. The van der Waals surface area contributed by atoms with E-state index in [2.05, 4.69) is 0 Å². The Labute approximate surface area is 102 Å². The van der Waals surface area contributed by atoms with E-state index >= 15 is 0 Å². The van der Waals surface area contributed by atoms with Crippen molar-refractivity contribution in [1.82, 2.24) is 4.90 Å². The molecular formula is C12H21NO4. The van der Waals surface area contributed by atoms with Crippen molar-refractivity contribution >= 4 is 12.1 Å². The quantitative estimate of drug-likeness (QED) is 0.769. The lowest BCUT2D eigenvalue weighted by Crippen LogP contribution is -2.50. The first-order valence-electron chi connectivity index (χ1n) is 6.09. The Balaban J connectivity index is 2.69. The monoisotopic (exact) mass is 243 g/mol. The van der Waals surface area contributed by atoms with E-state index in [-0.39, 0.29) is 0 Å². The summed E-state index contributed by atoms with van der Waals surface area (Å²) in [5.41, 5.74) is -0.438. The fourth-order valence-corrected chi connectivity index (χ4v) is 2.14. The summed E-state index contributed by atoms with van der Waals surface area (Å²) in [6.07, 6.45) is 2.42. The molecule has 1 heterocycles. The molecule has 98 valence electrons. The summed E-state index contributed by atoms with van der Waals surface area (Å²) in [7, 11) is 0. The van der Waals surface area contributed by atoms with Crippen LogP contribution in [0.1, 0.15) is 46.5 Å². The number of carboxylic acid groups (broad SMARTS) is 1. The third-order valence-corrected chi connectivity index (χ3v) is 3.20. The lowest BCUT2D eigenvalue weighted by Gasteiger charge is -2.33. The second-order valence-corrected chi connectivity index (χ2v) is 5.04. The number of carboxylic acids is 1. The maximum Gasteiger partial charge on any atom is 0.410 e. The summed E-state index contributed by atoms with van der Waals surface area (Å²) < 4.78 is 5.11. The number of rotatable bonds is 4. The average Bonchev–Trinajstić information content (AvgIpc) is 2.54. The fraction of sp³-hybridized carbons (Fsp3) is 0.833. The van der Waals surface area contributed by atoms with E-state index in [1.807, 2.05) is 20.8 Å². The SMILES string of the molecule is CCCCOC(=O)N1C(C(=O)O)CCC1(C)C. The number of nitrogens with zero attached hydrogens (tertiary/aromatic N) is 1. The minimum Gasteiger partial charge on any atom is -0.480 e. The molecule has 1 N–H and O–H groups in total. The van der Waals surface area contributed by atoms with E-state index in [1.165, 1.54) is 4.90 Å². The van der Waals surface area contributed by atoms with Gasteiger partial charge < -0.3 is 9.84 Å². The predicted octanol–water partition coefficient (Wildman–Crippen LogP) is 2.25. The number of carbonyl (C=O) groups excluding carboxylic acids is 1. The van der Waals surface area contributed by atoms with Crippen LogP contribution in [0.5, 0.6) is 0 Å². The van der Waals surface area contributed by atoms with Gasteiger partial charge in [-0.25, -0.2) is 9.59 Å². The van der Waals surface area contributed by atoms with Crippen LogP contribution in [0.25, 0.3) is 0 Å². The molecule has 1 saturated heterocycles. The van der Waals surface area contributed by atoms with Gasteiger partial charge in [0.05, 0.1) is 6.61 Å². The lowest BCUT2D eigenvalue weighted by molar-refractivity contribution is -0.142. The van der Waals surface area contributed by atoms with Gasteiger partial charge in [-0.2, -0.15) is 0 Å². The molecule has 0 aliphatic carbocycles. The molecule has 1 aliphatic heterocycles. The summed E-state index contributed by atoms with van der Waals surface area (Å²) in [5.74, 6) is -0.956. The van der Waals surface area contributed by atoms with E-state index in [9.17, 15) is 9.59 Å². The van der Waals surface area contributed by atoms with Crippen molar-refractivity contribution in [3.63, 3.8) is 0 Å². The topological polar surface area (TPSA) is 66.8 Å². The van der Waals surface area contributed by atoms with E-state index in [0.717, 1.165) is 12.8 Å². The van der Waals surface area contributed by atoms with Crippen LogP contribution in [0.4, 0.5) is 4.79 Å². The Morgan fingerprint density at radius 2 is 2.12 bits per heavy atom. The first-order valence-corrected chi connectivity index (χ1v) is 6.09. The molecule has 0 aromatic carbocycles. The van der Waals surface area contributed by atoms with Crippen LogP contribution in [0, 0.1) is 0 Å². The Morgan fingerprint density at radius 3 is 2.65 bits per heavy atom. The zero-order valence-electron chi connectivity index (χ0n) is 10.7. The minimum atomic E-state index is -0.956. The number of hydrogen-bond acceptors (Lipinski definition) is 3. The summed E-state index contributed by atoms with van der Waals surface area (Å²) in [4.78, 5) is 24.3. The zero-order chi connectivity index (χ0) is 13.1. The Kier molecular flexibility index (Phi) is 4.37. The van der Waals surface area contributed by atoms with Gasteiger partial charge in [0, 0.05) is 5.54 Å². The highest BCUT2D eigenvalue weighted by atomic mass is 16.6. The molecule has 0 aromatic heterocycles. The molecule has 1 rings (SSSR count). The van der Waals surface area contributed by atoms with Crippen molar-refractivity contribution in [3.8, 4) is 0 Å². The van der Waals surface area contributed by atoms with E-state index < -0.39 is 23.6 Å². The van der Waals surface area contributed by atoms with Crippen molar-refractivity contribution in [2.24, 2.45) is 0 Å². The molecule has 1 atom stereocenters. The van der Waals surface area contributed by atoms with Gasteiger partial charge in [-0.05, 0) is 33.1 Å². The normalized spacial score (nSPS) is 22.5. The van der Waals surface area contributed by atoms with E-state index in [1.54, 1.807) is 0 Å². The summed E-state index contributed by atoms with van der Waals surface area (Å²) >= 11 is 0. The van der Waals surface area contributed by atoms with Crippen molar-refractivity contribution in [1.29, 1.82) is 0 Å². The Hall–Kier alpha value is -1.26. The second-order valence-electron chi connectivity index (χ2n) is 5.04. The third kappa shape index (κ3) is 3.11. The summed E-state index contributed by atoms with van der Waals surface area (Å²) in [6, 6.07) is -0.751. The number of ether oxygens (including phenoxy) is 1. The van der Waals surface area contributed by atoms with Gasteiger partial charge in [-0.15, -0.1) is 0 Å². The number of hydrogen-bond donors (Lipinski definition) is 1. The van der Waals surface area contributed by atoms with Gasteiger partial charge in [0.25, 0.3) is 0 Å². The number of likely N-dealkylation sites (tertiary alicyclic amines) is 1. The van der Waals surface area contributed by atoms with E-state index in [4.69, 9.17) is 9.84 Å². The van der Waals surface area contributed by atoms with Crippen molar-refractivity contribution < 1.29 is 19.4 Å². The molecule has 5 nitrogen and oxygen atoms in total. The molecule has 1 unspecified atom stereocenters.